The number of hydrogen-bond donors (Lipinski definition) is 1. The summed E-state index contributed by atoms with van der Waals surface area (Å²) < 4.78 is 16.2. The summed E-state index contributed by atoms with van der Waals surface area (Å²) in [5.74, 6) is 0. The van der Waals surface area contributed by atoms with E-state index in [1.807, 2.05) is 13.8 Å². The number of hydrogen-bond acceptors (Lipinski definition) is 4. The summed E-state index contributed by atoms with van der Waals surface area (Å²) in [5.41, 5.74) is 0. The van der Waals surface area contributed by atoms with E-state index in [0.717, 1.165) is 32.5 Å². The molecule has 0 aliphatic carbocycles. The zero-order chi connectivity index (χ0) is 13.5. The lowest BCUT2D eigenvalue weighted by atomic mass is 10.1. The molecule has 0 saturated carbocycles. The van der Waals surface area contributed by atoms with Crippen LogP contribution < -0.4 is 5.32 Å². The van der Waals surface area contributed by atoms with Crippen LogP contribution in [0.1, 0.15) is 26.7 Å². The number of amides is 1. The fourth-order valence-corrected chi connectivity index (χ4v) is 2.26. The van der Waals surface area contributed by atoms with Crippen molar-refractivity contribution in [1.82, 2.24) is 10.2 Å². The quantitative estimate of drug-likeness (QED) is 0.813. The number of ether oxygens (including phenoxy) is 1. The van der Waals surface area contributed by atoms with Crippen molar-refractivity contribution in [3.8, 4) is 0 Å². The SMILES string of the molecule is CCOC(=O)N1CCC(NCC(C)S(C)=O)CC1. The Morgan fingerprint density at radius 1 is 1.50 bits per heavy atom. The maximum absolute atomic E-state index is 11.5. The summed E-state index contributed by atoms with van der Waals surface area (Å²) >= 11 is 0. The molecule has 0 aromatic rings. The number of piperidine rings is 1. The Labute approximate surface area is 112 Å². The molecule has 0 radical (unpaired) electrons. The van der Waals surface area contributed by atoms with Crippen LogP contribution in [0.15, 0.2) is 0 Å². The van der Waals surface area contributed by atoms with Crippen LogP contribution in [0.5, 0.6) is 0 Å². The Kier molecular flexibility index (Phi) is 6.63. The fourth-order valence-electron chi connectivity index (χ4n) is 1.93. The van der Waals surface area contributed by atoms with Crippen molar-refractivity contribution >= 4 is 16.9 Å². The molecule has 2 atom stereocenters. The number of nitrogens with one attached hydrogen (secondary N) is 1. The third-order valence-corrected chi connectivity index (χ3v) is 4.58. The Hall–Kier alpha value is -0.620. The molecule has 0 spiro atoms. The van der Waals surface area contributed by atoms with Gasteiger partial charge in [0.05, 0.1) is 6.61 Å². The second-order valence-corrected chi connectivity index (χ2v) is 6.48. The molecule has 1 heterocycles. The Morgan fingerprint density at radius 3 is 2.61 bits per heavy atom. The van der Waals surface area contributed by atoms with Crippen molar-refractivity contribution in [2.24, 2.45) is 0 Å². The highest BCUT2D eigenvalue weighted by Gasteiger charge is 2.23. The predicted octanol–water partition coefficient (Wildman–Crippen LogP) is 0.964. The molecule has 6 heteroatoms. The first-order valence-electron chi connectivity index (χ1n) is 6.52. The molecule has 1 N–H and O–H groups in total. The van der Waals surface area contributed by atoms with Gasteiger partial charge in [0, 0.05) is 48.0 Å². The molecule has 18 heavy (non-hydrogen) atoms. The molecule has 2 unspecified atom stereocenters. The second kappa shape index (κ2) is 7.74. The van der Waals surface area contributed by atoms with Gasteiger partial charge in [-0.1, -0.05) is 0 Å². The maximum Gasteiger partial charge on any atom is 0.409 e. The van der Waals surface area contributed by atoms with E-state index in [0.29, 0.717) is 12.6 Å². The minimum absolute atomic E-state index is 0.174. The van der Waals surface area contributed by atoms with Gasteiger partial charge in [0.25, 0.3) is 0 Å². The van der Waals surface area contributed by atoms with Crippen LogP contribution in [0.4, 0.5) is 4.79 Å². The highest BCUT2D eigenvalue weighted by molar-refractivity contribution is 7.84. The average Bonchev–Trinajstić information content (AvgIpc) is 2.36. The highest BCUT2D eigenvalue weighted by atomic mass is 32.2. The second-order valence-electron chi connectivity index (χ2n) is 4.68. The molecule has 1 saturated heterocycles. The van der Waals surface area contributed by atoms with Crippen LogP contribution in [0.2, 0.25) is 0 Å². The van der Waals surface area contributed by atoms with Gasteiger partial charge in [0.15, 0.2) is 0 Å². The number of likely N-dealkylation sites (tertiary alicyclic amines) is 1. The van der Waals surface area contributed by atoms with E-state index < -0.39 is 10.8 Å². The predicted molar refractivity (Wildman–Crippen MR) is 73.1 cm³/mol. The number of nitrogens with zero attached hydrogens (tertiary/aromatic N) is 1. The van der Waals surface area contributed by atoms with Crippen LogP contribution in [-0.2, 0) is 15.5 Å². The first-order chi connectivity index (χ1) is 8.54. The lowest BCUT2D eigenvalue weighted by molar-refractivity contribution is 0.0952. The van der Waals surface area contributed by atoms with Crippen molar-refractivity contribution in [2.45, 2.75) is 38.0 Å². The van der Waals surface area contributed by atoms with Crippen LogP contribution in [-0.4, -0.2) is 59.0 Å². The summed E-state index contributed by atoms with van der Waals surface area (Å²) in [5, 5.41) is 3.60. The topological polar surface area (TPSA) is 58.6 Å². The van der Waals surface area contributed by atoms with Gasteiger partial charge in [-0.3, -0.25) is 4.21 Å². The monoisotopic (exact) mass is 276 g/mol. The molecule has 1 rings (SSSR count). The van der Waals surface area contributed by atoms with E-state index in [4.69, 9.17) is 4.74 Å². The Balaban J connectivity index is 2.23. The zero-order valence-electron chi connectivity index (χ0n) is 11.5. The van der Waals surface area contributed by atoms with Crippen molar-refractivity contribution in [2.75, 3.05) is 32.5 Å². The van der Waals surface area contributed by atoms with Crippen molar-refractivity contribution in [3.63, 3.8) is 0 Å². The van der Waals surface area contributed by atoms with Gasteiger partial charge in [-0.2, -0.15) is 0 Å². The average molecular weight is 276 g/mol. The van der Waals surface area contributed by atoms with E-state index in [-0.39, 0.29) is 11.3 Å². The van der Waals surface area contributed by atoms with Crippen molar-refractivity contribution < 1.29 is 13.7 Å². The van der Waals surface area contributed by atoms with E-state index >= 15 is 0 Å². The van der Waals surface area contributed by atoms with Gasteiger partial charge < -0.3 is 15.0 Å². The molecule has 106 valence electrons. The first-order valence-corrected chi connectivity index (χ1v) is 8.14. The Bertz CT molecular complexity index is 291. The largest absolute Gasteiger partial charge is 0.450 e. The van der Waals surface area contributed by atoms with Crippen LogP contribution >= 0.6 is 0 Å². The molecular formula is C12H24N2O3S. The highest BCUT2D eigenvalue weighted by Crippen LogP contribution is 2.11. The smallest absolute Gasteiger partial charge is 0.409 e. The number of carbonyl (C=O) groups is 1. The number of carbonyl (C=O) groups excluding carboxylic acids is 1. The molecule has 0 aromatic carbocycles. The molecule has 1 amide bonds. The van der Waals surface area contributed by atoms with Crippen molar-refractivity contribution in [1.29, 1.82) is 0 Å². The Morgan fingerprint density at radius 2 is 2.11 bits per heavy atom. The van der Waals surface area contributed by atoms with Crippen LogP contribution in [0.25, 0.3) is 0 Å². The number of rotatable bonds is 5. The summed E-state index contributed by atoms with van der Waals surface area (Å²) in [6.07, 6.45) is 3.39. The third kappa shape index (κ3) is 4.94. The summed E-state index contributed by atoms with van der Waals surface area (Å²) in [6.45, 7) is 6.47. The summed E-state index contributed by atoms with van der Waals surface area (Å²) in [6, 6.07) is 0.418. The van der Waals surface area contributed by atoms with Crippen molar-refractivity contribution in [3.05, 3.63) is 0 Å². The molecule has 1 fully saturated rings. The van der Waals surface area contributed by atoms with E-state index in [9.17, 15) is 9.00 Å². The van der Waals surface area contributed by atoms with E-state index in [1.165, 1.54) is 0 Å². The zero-order valence-corrected chi connectivity index (χ0v) is 12.3. The van der Waals surface area contributed by atoms with Gasteiger partial charge in [0.1, 0.15) is 0 Å². The summed E-state index contributed by atoms with van der Waals surface area (Å²) in [7, 11) is -0.779. The molecule has 0 aromatic heterocycles. The minimum atomic E-state index is -0.779. The standard InChI is InChI=1S/C12H24N2O3S/c1-4-17-12(15)14-7-5-11(6-8-14)13-9-10(2)18(3)16/h10-11,13H,4-9H2,1-3H3. The molecule has 1 aliphatic heterocycles. The molecule has 1 aliphatic rings. The van der Waals surface area contributed by atoms with E-state index in [2.05, 4.69) is 5.32 Å². The minimum Gasteiger partial charge on any atom is -0.450 e. The lowest BCUT2D eigenvalue weighted by Gasteiger charge is -2.32. The third-order valence-electron chi connectivity index (χ3n) is 3.28. The molecule has 5 nitrogen and oxygen atoms in total. The van der Waals surface area contributed by atoms with Crippen LogP contribution in [0, 0.1) is 0 Å². The maximum atomic E-state index is 11.5. The molecular weight excluding hydrogens is 252 g/mol. The van der Waals surface area contributed by atoms with Gasteiger partial charge in [-0.15, -0.1) is 0 Å². The van der Waals surface area contributed by atoms with Gasteiger partial charge in [-0.25, -0.2) is 4.79 Å². The lowest BCUT2D eigenvalue weighted by Crippen LogP contribution is -2.46. The first kappa shape index (κ1) is 15.4. The van der Waals surface area contributed by atoms with Gasteiger partial charge in [-0.05, 0) is 26.7 Å². The summed E-state index contributed by atoms with van der Waals surface area (Å²) in [4.78, 5) is 13.3. The van der Waals surface area contributed by atoms with Gasteiger partial charge >= 0.3 is 6.09 Å². The molecule has 0 bridgehead atoms. The fraction of sp³-hybridized carbons (Fsp3) is 0.917. The normalized spacial score (nSPS) is 20.5. The van der Waals surface area contributed by atoms with E-state index in [1.54, 1.807) is 11.2 Å². The van der Waals surface area contributed by atoms with Crippen LogP contribution in [0.3, 0.4) is 0 Å². The van der Waals surface area contributed by atoms with Gasteiger partial charge in [0.2, 0.25) is 0 Å².